The van der Waals surface area contributed by atoms with Crippen molar-refractivity contribution in [2.75, 3.05) is 5.32 Å². The Morgan fingerprint density at radius 3 is 2.33 bits per heavy atom. The number of nitrogens with two attached hydrogens (primary N) is 1. The average molecular weight is 296 g/mol. The van der Waals surface area contributed by atoms with Gasteiger partial charge in [-0.25, -0.2) is 8.78 Å². The molecule has 1 aliphatic carbocycles. The van der Waals surface area contributed by atoms with E-state index in [0.29, 0.717) is 17.9 Å². The Morgan fingerprint density at radius 1 is 1.19 bits per heavy atom. The summed E-state index contributed by atoms with van der Waals surface area (Å²) in [6, 6.07) is 2.03. The van der Waals surface area contributed by atoms with Crippen molar-refractivity contribution >= 4 is 11.6 Å². The van der Waals surface area contributed by atoms with Crippen molar-refractivity contribution in [3.05, 3.63) is 29.3 Å². The van der Waals surface area contributed by atoms with Gasteiger partial charge in [0.15, 0.2) is 0 Å². The fourth-order valence-corrected chi connectivity index (χ4v) is 3.00. The largest absolute Gasteiger partial charge is 0.380 e. The van der Waals surface area contributed by atoms with Gasteiger partial charge in [-0.05, 0) is 43.6 Å². The molecule has 1 amide bonds. The zero-order valence-corrected chi connectivity index (χ0v) is 12.5. The summed E-state index contributed by atoms with van der Waals surface area (Å²) < 4.78 is 27.2. The number of rotatable bonds is 4. The van der Waals surface area contributed by atoms with Gasteiger partial charge in [-0.1, -0.05) is 13.8 Å². The van der Waals surface area contributed by atoms with E-state index in [9.17, 15) is 13.6 Å². The first-order valence-electron chi connectivity index (χ1n) is 7.44. The molecule has 1 fully saturated rings. The monoisotopic (exact) mass is 296 g/mol. The smallest absolute Gasteiger partial charge is 0.251 e. The summed E-state index contributed by atoms with van der Waals surface area (Å²) in [6.07, 6.45) is 4.10. The first-order chi connectivity index (χ1) is 9.88. The maximum absolute atomic E-state index is 13.8. The Balaban J connectivity index is 2.07. The number of anilines is 1. The number of nitrogens with one attached hydrogen (secondary N) is 1. The first-order valence-corrected chi connectivity index (χ1v) is 7.44. The summed E-state index contributed by atoms with van der Waals surface area (Å²) in [5.74, 6) is -1.13. The predicted octanol–water partition coefficient (Wildman–Crippen LogP) is 3.69. The Morgan fingerprint density at radius 2 is 1.81 bits per heavy atom. The molecule has 5 heteroatoms. The number of carbonyl (C=O) groups is 1. The number of hydrogen-bond acceptors (Lipinski definition) is 2. The molecule has 0 atom stereocenters. The standard InChI is InChI=1S/C16H22F2N2O/c1-9(2)10-3-5-11(6-4-10)20-15-7-12(16(19)21)13(17)8-14(15)18/h7-11,20H,3-6H2,1-2H3,(H2,19,21). The zero-order chi connectivity index (χ0) is 15.6. The molecule has 21 heavy (non-hydrogen) atoms. The SMILES string of the molecule is CC(C)C1CCC(Nc2cc(C(N)=O)c(F)cc2F)CC1. The van der Waals surface area contributed by atoms with Crippen molar-refractivity contribution in [1.29, 1.82) is 0 Å². The van der Waals surface area contributed by atoms with E-state index in [-0.39, 0.29) is 17.3 Å². The Kier molecular flexibility index (Phi) is 4.80. The molecule has 0 aromatic heterocycles. The van der Waals surface area contributed by atoms with E-state index in [1.165, 1.54) is 6.07 Å². The lowest BCUT2D eigenvalue weighted by Gasteiger charge is -2.32. The predicted molar refractivity (Wildman–Crippen MR) is 79.1 cm³/mol. The van der Waals surface area contributed by atoms with Crippen LogP contribution in [0.4, 0.5) is 14.5 Å². The van der Waals surface area contributed by atoms with E-state index in [0.717, 1.165) is 25.7 Å². The van der Waals surface area contributed by atoms with Crippen LogP contribution >= 0.6 is 0 Å². The van der Waals surface area contributed by atoms with Crippen LogP contribution in [0, 0.1) is 23.5 Å². The summed E-state index contributed by atoms with van der Waals surface area (Å²) >= 11 is 0. The van der Waals surface area contributed by atoms with Crippen molar-refractivity contribution in [3.8, 4) is 0 Å². The number of amides is 1. The minimum Gasteiger partial charge on any atom is -0.380 e. The van der Waals surface area contributed by atoms with Crippen LogP contribution in [0.5, 0.6) is 0 Å². The summed E-state index contributed by atoms with van der Waals surface area (Å²) in [6.45, 7) is 4.44. The van der Waals surface area contributed by atoms with E-state index in [1.807, 2.05) is 0 Å². The van der Waals surface area contributed by atoms with Crippen LogP contribution in [0.1, 0.15) is 49.9 Å². The number of carbonyl (C=O) groups excluding carboxylic acids is 1. The molecule has 1 aromatic rings. The van der Waals surface area contributed by atoms with Crippen molar-refractivity contribution in [2.24, 2.45) is 17.6 Å². The lowest BCUT2D eigenvalue weighted by molar-refractivity contribution is 0.0996. The lowest BCUT2D eigenvalue weighted by atomic mass is 9.79. The highest BCUT2D eigenvalue weighted by atomic mass is 19.1. The molecule has 3 N–H and O–H groups in total. The molecule has 0 radical (unpaired) electrons. The topological polar surface area (TPSA) is 55.1 Å². The van der Waals surface area contributed by atoms with E-state index < -0.39 is 17.5 Å². The molecule has 0 spiro atoms. The number of benzene rings is 1. The molecule has 1 saturated carbocycles. The first kappa shape index (κ1) is 15.7. The minimum absolute atomic E-state index is 0.151. The molecular formula is C16H22F2N2O. The lowest BCUT2D eigenvalue weighted by Crippen LogP contribution is -2.28. The van der Waals surface area contributed by atoms with Crippen molar-refractivity contribution in [2.45, 2.75) is 45.6 Å². The van der Waals surface area contributed by atoms with Crippen molar-refractivity contribution in [3.63, 3.8) is 0 Å². The third kappa shape index (κ3) is 3.71. The second-order valence-electron chi connectivity index (χ2n) is 6.18. The van der Waals surface area contributed by atoms with Crippen molar-refractivity contribution in [1.82, 2.24) is 0 Å². The summed E-state index contributed by atoms with van der Waals surface area (Å²) in [7, 11) is 0. The van der Waals surface area contributed by atoms with Crippen LogP contribution < -0.4 is 11.1 Å². The van der Waals surface area contributed by atoms with Gasteiger partial charge in [0.1, 0.15) is 11.6 Å². The quantitative estimate of drug-likeness (QED) is 0.890. The molecule has 1 aromatic carbocycles. The van der Waals surface area contributed by atoms with E-state index in [1.54, 1.807) is 0 Å². The molecule has 3 nitrogen and oxygen atoms in total. The van der Waals surface area contributed by atoms with Crippen LogP contribution in [-0.4, -0.2) is 11.9 Å². The van der Waals surface area contributed by atoms with Gasteiger partial charge in [0.2, 0.25) is 0 Å². The molecular weight excluding hydrogens is 274 g/mol. The number of halogens is 2. The summed E-state index contributed by atoms with van der Waals surface area (Å²) in [5.41, 5.74) is 4.96. The second kappa shape index (κ2) is 6.41. The maximum atomic E-state index is 13.8. The third-order valence-corrected chi connectivity index (χ3v) is 4.40. The van der Waals surface area contributed by atoms with Gasteiger partial charge in [0.25, 0.3) is 5.91 Å². The van der Waals surface area contributed by atoms with Crippen LogP contribution in [0.3, 0.4) is 0 Å². The molecule has 0 bridgehead atoms. The van der Waals surface area contributed by atoms with Crippen LogP contribution in [0.25, 0.3) is 0 Å². The highest BCUT2D eigenvalue weighted by Crippen LogP contribution is 2.32. The van der Waals surface area contributed by atoms with Gasteiger partial charge in [0.05, 0.1) is 11.3 Å². The van der Waals surface area contributed by atoms with Gasteiger partial charge in [-0.15, -0.1) is 0 Å². The van der Waals surface area contributed by atoms with Crippen LogP contribution in [0.15, 0.2) is 12.1 Å². The van der Waals surface area contributed by atoms with Gasteiger partial charge in [-0.3, -0.25) is 4.79 Å². The highest BCUT2D eigenvalue weighted by molar-refractivity contribution is 5.94. The molecule has 0 saturated heterocycles. The Hall–Kier alpha value is -1.65. The van der Waals surface area contributed by atoms with E-state index in [4.69, 9.17) is 5.73 Å². The highest BCUT2D eigenvalue weighted by Gasteiger charge is 2.24. The number of hydrogen-bond donors (Lipinski definition) is 2. The van der Waals surface area contributed by atoms with Crippen molar-refractivity contribution < 1.29 is 13.6 Å². The molecule has 0 aliphatic heterocycles. The Bertz CT molecular complexity index is 523. The van der Waals surface area contributed by atoms with Crippen LogP contribution in [-0.2, 0) is 0 Å². The summed E-state index contributed by atoms with van der Waals surface area (Å²) in [5, 5.41) is 3.08. The average Bonchev–Trinajstić information content (AvgIpc) is 2.42. The van der Waals surface area contributed by atoms with Gasteiger partial charge >= 0.3 is 0 Å². The van der Waals surface area contributed by atoms with E-state index >= 15 is 0 Å². The number of primary amides is 1. The fraction of sp³-hybridized carbons (Fsp3) is 0.562. The molecule has 116 valence electrons. The van der Waals surface area contributed by atoms with Gasteiger partial charge in [0, 0.05) is 12.1 Å². The molecule has 0 unspecified atom stereocenters. The van der Waals surface area contributed by atoms with E-state index in [2.05, 4.69) is 19.2 Å². The van der Waals surface area contributed by atoms with Crippen LogP contribution in [0.2, 0.25) is 0 Å². The molecule has 1 aliphatic rings. The molecule has 0 heterocycles. The Labute approximate surface area is 123 Å². The second-order valence-corrected chi connectivity index (χ2v) is 6.18. The maximum Gasteiger partial charge on any atom is 0.251 e. The summed E-state index contributed by atoms with van der Waals surface area (Å²) in [4.78, 5) is 11.1. The molecule has 2 rings (SSSR count). The minimum atomic E-state index is -0.922. The normalized spacial score (nSPS) is 22.3. The zero-order valence-electron chi connectivity index (χ0n) is 12.5. The van der Waals surface area contributed by atoms with Gasteiger partial charge < -0.3 is 11.1 Å². The third-order valence-electron chi connectivity index (χ3n) is 4.40. The fourth-order valence-electron chi connectivity index (χ4n) is 3.00. The van der Waals surface area contributed by atoms with Gasteiger partial charge in [-0.2, -0.15) is 0 Å².